The van der Waals surface area contributed by atoms with Crippen LogP contribution in [0.15, 0.2) is 160 Å². The predicted octanol–water partition coefficient (Wildman–Crippen LogP) is 8.20. The van der Waals surface area contributed by atoms with E-state index in [2.05, 4.69) is 26.3 Å². The fourth-order valence-electron chi connectivity index (χ4n) is 4.62. The second-order valence-electron chi connectivity index (χ2n) is 10.5. The zero-order valence-corrected chi connectivity index (χ0v) is 27.9. The Kier molecular flexibility index (Phi) is 16.1. The summed E-state index contributed by atoms with van der Waals surface area (Å²) in [4.78, 5) is 24.9. The van der Waals surface area contributed by atoms with Gasteiger partial charge in [0.2, 0.25) is 0 Å². The van der Waals surface area contributed by atoms with Crippen LogP contribution in [0.3, 0.4) is 0 Å². The molecule has 0 radical (unpaired) electrons. The molecule has 8 heteroatoms. The highest BCUT2D eigenvalue weighted by Crippen LogP contribution is 2.33. The zero-order chi connectivity index (χ0) is 36.1. The van der Waals surface area contributed by atoms with Crippen molar-refractivity contribution < 1.29 is 38.7 Å². The van der Waals surface area contributed by atoms with Gasteiger partial charge in [-0.2, -0.15) is 0 Å². The van der Waals surface area contributed by atoms with Gasteiger partial charge in [0.1, 0.15) is 55.2 Å². The third-order valence-corrected chi connectivity index (χ3v) is 6.99. The van der Waals surface area contributed by atoms with Crippen LogP contribution >= 0.6 is 0 Å². The van der Waals surface area contributed by atoms with Gasteiger partial charge in [0.05, 0.1) is 6.10 Å². The molecule has 0 saturated carbocycles. The average molecular weight is 675 g/mol. The van der Waals surface area contributed by atoms with Gasteiger partial charge < -0.3 is 29.2 Å². The Balaban J connectivity index is 0.000000270. The van der Waals surface area contributed by atoms with Gasteiger partial charge in [0.15, 0.2) is 0 Å². The summed E-state index contributed by atoms with van der Waals surface area (Å²) in [6.07, 6.45) is 5.26. The quantitative estimate of drug-likeness (QED) is 0.0379. The predicted molar refractivity (Wildman–Crippen MR) is 197 cm³/mol. The van der Waals surface area contributed by atoms with Crippen LogP contribution in [0.25, 0.3) is 11.3 Å². The van der Waals surface area contributed by atoms with Crippen molar-refractivity contribution in [3.63, 3.8) is 0 Å². The fraction of sp³-hybridized carbons (Fsp3) is 0.143. The number of aliphatic hydroxyl groups is 2. The molecule has 0 saturated heterocycles. The molecule has 4 rings (SSSR count). The topological polar surface area (TPSA) is 112 Å². The Morgan fingerprint density at radius 2 is 1.06 bits per heavy atom. The molecule has 2 N–H and O–H groups in total. The summed E-state index contributed by atoms with van der Waals surface area (Å²) in [6, 6.07) is 31.7. The summed E-state index contributed by atoms with van der Waals surface area (Å²) < 4.78 is 21.2. The van der Waals surface area contributed by atoms with E-state index in [0.29, 0.717) is 47.0 Å². The normalized spacial score (nSPS) is 11.9. The van der Waals surface area contributed by atoms with Crippen molar-refractivity contribution in [3.8, 4) is 11.5 Å². The van der Waals surface area contributed by atoms with Gasteiger partial charge in [-0.3, -0.25) is 4.79 Å². The first kappa shape index (κ1) is 38.3. The zero-order valence-electron chi connectivity index (χ0n) is 27.9. The first-order valence-electron chi connectivity index (χ1n) is 15.8. The Bertz CT molecular complexity index is 1710. The number of carbonyl (C=O) groups is 2. The van der Waals surface area contributed by atoms with Gasteiger partial charge in [-0.1, -0.05) is 136 Å². The standard InChI is InChI=1S/C21H22O4.C21H20O4/c2*1-3-14-24-18-12-10-16(11-13-18)19(21(23)25-15-4-2)20(22)17-8-6-5-7-9-17/h3-13,19-20,22H,1-2,14-15H2;3-13,22H,1-2,14-15H2. The number of ether oxygens (including phenoxy) is 4. The van der Waals surface area contributed by atoms with Crippen LogP contribution in [0, 0.1) is 0 Å². The maximum Gasteiger partial charge on any atom is 0.342 e. The van der Waals surface area contributed by atoms with Crippen LogP contribution in [0.4, 0.5) is 0 Å². The number of rotatable bonds is 17. The first-order chi connectivity index (χ1) is 24.3. The molecule has 4 aromatic carbocycles. The highest BCUT2D eigenvalue weighted by atomic mass is 16.5. The lowest BCUT2D eigenvalue weighted by Gasteiger charge is -2.22. The monoisotopic (exact) mass is 674 g/mol. The van der Waals surface area contributed by atoms with Gasteiger partial charge in [-0.05, 0) is 41.0 Å². The summed E-state index contributed by atoms with van der Waals surface area (Å²) in [5, 5.41) is 21.4. The van der Waals surface area contributed by atoms with Crippen molar-refractivity contribution in [2.24, 2.45) is 0 Å². The molecule has 0 heterocycles. The van der Waals surface area contributed by atoms with Crippen LogP contribution in [0.1, 0.15) is 34.3 Å². The molecule has 0 aliphatic carbocycles. The van der Waals surface area contributed by atoms with Crippen LogP contribution in [0.2, 0.25) is 0 Å². The molecular formula is C42H42O8. The summed E-state index contributed by atoms with van der Waals surface area (Å²) in [6.45, 7) is 15.2. The van der Waals surface area contributed by atoms with Gasteiger partial charge in [0, 0.05) is 5.56 Å². The molecule has 0 amide bonds. The molecule has 258 valence electrons. The lowest BCUT2D eigenvalue weighted by molar-refractivity contribution is -0.147. The highest BCUT2D eigenvalue weighted by Gasteiger charge is 2.31. The molecule has 0 aliphatic rings. The van der Waals surface area contributed by atoms with E-state index in [1.165, 1.54) is 12.2 Å². The summed E-state index contributed by atoms with van der Waals surface area (Å²) >= 11 is 0. The molecule has 4 aromatic rings. The third kappa shape index (κ3) is 11.5. The summed E-state index contributed by atoms with van der Waals surface area (Å²) in [5.74, 6) is -0.806. The Hall–Kier alpha value is -6.12. The van der Waals surface area contributed by atoms with E-state index in [1.807, 2.05) is 24.3 Å². The number of aliphatic hydroxyl groups excluding tert-OH is 2. The number of esters is 2. The molecule has 0 aliphatic heterocycles. The van der Waals surface area contributed by atoms with Gasteiger partial charge in [-0.25, -0.2) is 4.79 Å². The minimum atomic E-state index is -1.02. The number of carbonyl (C=O) groups excluding carboxylic acids is 2. The van der Waals surface area contributed by atoms with Crippen LogP contribution in [-0.4, -0.2) is 48.6 Å². The summed E-state index contributed by atoms with van der Waals surface area (Å²) in [5.41, 5.74) is 2.44. The molecule has 0 aromatic heterocycles. The van der Waals surface area contributed by atoms with Crippen molar-refractivity contribution in [3.05, 3.63) is 182 Å². The molecular weight excluding hydrogens is 632 g/mol. The molecule has 0 bridgehead atoms. The Morgan fingerprint density at radius 1 is 0.580 bits per heavy atom. The second-order valence-corrected chi connectivity index (χ2v) is 10.5. The van der Waals surface area contributed by atoms with Crippen molar-refractivity contribution in [1.29, 1.82) is 0 Å². The SMILES string of the molecule is C=CCOC(=O)C(=C(O)c1ccccc1)c1ccc(OCC=C)cc1.C=CCOC(=O)C(c1ccc(OCC=C)cc1)C(O)c1ccccc1. The molecule has 50 heavy (non-hydrogen) atoms. The van der Waals surface area contributed by atoms with Gasteiger partial charge >= 0.3 is 11.9 Å². The van der Waals surface area contributed by atoms with E-state index in [1.54, 1.807) is 97.1 Å². The van der Waals surface area contributed by atoms with Crippen LogP contribution in [-0.2, 0) is 19.1 Å². The third-order valence-electron chi connectivity index (χ3n) is 6.99. The molecule has 0 fully saturated rings. The largest absolute Gasteiger partial charge is 0.506 e. The fourth-order valence-corrected chi connectivity index (χ4v) is 4.62. The average Bonchev–Trinajstić information content (AvgIpc) is 3.16. The maximum atomic E-state index is 12.5. The van der Waals surface area contributed by atoms with Crippen molar-refractivity contribution in [2.45, 2.75) is 12.0 Å². The van der Waals surface area contributed by atoms with E-state index in [4.69, 9.17) is 18.9 Å². The van der Waals surface area contributed by atoms with Crippen molar-refractivity contribution in [1.82, 2.24) is 0 Å². The molecule has 2 atom stereocenters. The van der Waals surface area contributed by atoms with Crippen molar-refractivity contribution in [2.75, 3.05) is 26.4 Å². The number of hydrogen-bond donors (Lipinski definition) is 2. The minimum Gasteiger partial charge on any atom is -0.506 e. The number of hydrogen-bond acceptors (Lipinski definition) is 8. The van der Waals surface area contributed by atoms with E-state index in [-0.39, 0.29) is 24.5 Å². The smallest absolute Gasteiger partial charge is 0.342 e. The lowest BCUT2D eigenvalue weighted by Crippen LogP contribution is -2.23. The van der Waals surface area contributed by atoms with Gasteiger partial charge in [-0.15, -0.1) is 0 Å². The van der Waals surface area contributed by atoms with Crippen LogP contribution < -0.4 is 9.47 Å². The van der Waals surface area contributed by atoms with E-state index in [9.17, 15) is 19.8 Å². The van der Waals surface area contributed by atoms with Crippen molar-refractivity contribution >= 4 is 23.3 Å². The van der Waals surface area contributed by atoms with E-state index >= 15 is 0 Å². The second kappa shape index (κ2) is 21.0. The maximum absolute atomic E-state index is 12.5. The lowest BCUT2D eigenvalue weighted by atomic mass is 9.89. The Labute approximate surface area is 293 Å². The summed E-state index contributed by atoms with van der Waals surface area (Å²) in [7, 11) is 0. The molecule has 2 unspecified atom stereocenters. The Morgan fingerprint density at radius 3 is 1.58 bits per heavy atom. The first-order valence-corrected chi connectivity index (χ1v) is 15.8. The van der Waals surface area contributed by atoms with E-state index < -0.39 is 24.0 Å². The molecule has 8 nitrogen and oxygen atoms in total. The van der Waals surface area contributed by atoms with Crippen LogP contribution in [0.5, 0.6) is 11.5 Å². The number of benzene rings is 4. The molecule has 0 spiro atoms. The highest BCUT2D eigenvalue weighted by molar-refractivity contribution is 6.23. The van der Waals surface area contributed by atoms with E-state index in [0.717, 1.165) is 0 Å². The minimum absolute atomic E-state index is 0.0604. The van der Waals surface area contributed by atoms with Gasteiger partial charge in [0.25, 0.3) is 0 Å².